The normalized spacial score (nSPS) is 15.7. The Balaban J connectivity index is 1.60. The summed E-state index contributed by atoms with van der Waals surface area (Å²) in [5, 5.41) is 5.28. The Morgan fingerprint density at radius 1 is 0.872 bits per heavy atom. The van der Waals surface area contributed by atoms with Crippen LogP contribution >= 0.6 is 0 Å². The molecule has 9 heteroatoms. The first-order chi connectivity index (χ1) is 19.0. The Labute approximate surface area is 226 Å². The summed E-state index contributed by atoms with van der Waals surface area (Å²) in [5.74, 6) is -0.112. The predicted octanol–water partition coefficient (Wildman–Crippen LogP) is 3.76. The smallest absolute Gasteiger partial charge is 0.305 e. The van der Waals surface area contributed by atoms with Gasteiger partial charge in [-0.3, -0.25) is 14.4 Å². The number of carbonyl (C=O) groups is 3. The third-order valence-electron chi connectivity index (χ3n) is 6.02. The molecule has 39 heavy (non-hydrogen) atoms. The highest BCUT2D eigenvalue weighted by Gasteiger charge is 2.30. The van der Waals surface area contributed by atoms with Crippen LogP contribution in [0, 0.1) is 0 Å². The molecule has 0 saturated carbocycles. The first-order valence-electron chi connectivity index (χ1n) is 12.4. The zero-order valence-electron chi connectivity index (χ0n) is 21.8. The molecule has 1 aliphatic heterocycles. The minimum Gasteiger partial charge on any atom is -0.490 e. The summed E-state index contributed by atoms with van der Waals surface area (Å²) in [5.41, 5.74) is 2.54. The van der Waals surface area contributed by atoms with Crippen LogP contribution in [0.5, 0.6) is 17.2 Å². The summed E-state index contributed by atoms with van der Waals surface area (Å²) in [7, 11) is 2.80. The largest absolute Gasteiger partial charge is 0.490 e. The summed E-state index contributed by atoms with van der Waals surface area (Å²) in [4.78, 5) is 36.8. The predicted molar refractivity (Wildman–Crippen MR) is 144 cm³/mol. The van der Waals surface area contributed by atoms with E-state index in [-0.39, 0.29) is 31.8 Å². The Bertz CT molecular complexity index is 1280. The minimum absolute atomic E-state index is 0.0105. The van der Waals surface area contributed by atoms with Gasteiger partial charge in [0.05, 0.1) is 14.2 Å². The molecule has 1 atom stereocenters. The van der Waals surface area contributed by atoms with Gasteiger partial charge in [0.2, 0.25) is 11.7 Å². The molecule has 1 unspecified atom stereocenters. The van der Waals surface area contributed by atoms with E-state index in [1.807, 2.05) is 60.7 Å². The number of piperazine rings is 1. The van der Waals surface area contributed by atoms with Gasteiger partial charge in [-0.05, 0) is 41.3 Å². The molecule has 1 saturated heterocycles. The first kappa shape index (κ1) is 27.3. The summed E-state index contributed by atoms with van der Waals surface area (Å²) in [6, 6.07) is 21.9. The van der Waals surface area contributed by atoms with Crippen molar-refractivity contribution >= 4 is 23.9 Å². The number of nitrogens with one attached hydrogen (secondary N) is 2. The lowest BCUT2D eigenvalue weighted by molar-refractivity contribution is -0.141. The van der Waals surface area contributed by atoms with Gasteiger partial charge in [0.15, 0.2) is 11.5 Å². The van der Waals surface area contributed by atoms with Gasteiger partial charge in [0.25, 0.3) is 5.91 Å². The topological polar surface area (TPSA) is 112 Å². The molecular formula is C30H30N2O7. The van der Waals surface area contributed by atoms with Crippen molar-refractivity contribution in [3.05, 3.63) is 95.2 Å². The van der Waals surface area contributed by atoms with E-state index in [2.05, 4.69) is 15.4 Å². The second-order valence-corrected chi connectivity index (χ2v) is 8.79. The van der Waals surface area contributed by atoms with Gasteiger partial charge in [0, 0.05) is 6.42 Å². The lowest BCUT2D eigenvalue weighted by Crippen LogP contribution is -2.54. The molecule has 1 fully saturated rings. The Morgan fingerprint density at radius 2 is 1.44 bits per heavy atom. The van der Waals surface area contributed by atoms with Gasteiger partial charge >= 0.3 is 5.97 Å². The van der Waals surface area contributed by atoms with E-state index < -0.39 is 23.8 Å². The Hall–Kier alpha value is -4.79. The number of esters is 1. The molecule has 202 valence electrons. The molecule has 9 nitrogen and oxygen atoms in total. The Morgan fingerprint density at radius 3 is 1.95 bits per heavy atom. The van der Waals surface area contributed by atoms with E-state index in [1.165, 1.54) is 20.3 Å². The fourth-order valence-corrected chi connectivity index (χ4v) is 3.98. The Kier molecular flexibility index (Phi) is 9.18. The number of ether oxygens (including phenoxy) is 4. The van der Waals surface area contributed by atoms with Gasteiger partial charge in [0.1, 0.15) is 25.0 Å². The third-order valence-corrected chi connectivity index (χ3v) is 6.02. The number of hydrogen-bond donors (Lipinski definition) is 2. The molecule has 3 aromatic carbocycles. The fraction of sp³-hybridized carbons (Fsp3) is 0.233. The van der Waals surface area contributed by atoms with Crippen LogP contribution in [0.25, 0.3) is 6.08 Å². The highest BCUT2D eigenvalue weighted by molar-refractivity contribution is 6.07. The lowest BCUT2D eigenvalue weighted by atomic mass is 10.1. The molecule has 0 radical (unpaired) electrons. The highest BCUT2D eigenvalue weighted by atomic mass is 16.5. The standard InChI is InChI=1S/C30H30N2O7/c1-36-27(33)14-13-23-29(34)32-24(30(35)31-23)15-22-16-25(38-18-20-9-5-3-6-10-20)28(37-2)26(17-22)39-19-21-11-7-4-8-12-21/h3-12,15-17,23H,13-14,18-19H2,1-2H3,(H,31,35)(H,32,34)/b24-15-. The van der Waals surface area contributed by atoms with Crippen molar-refractivity contribution in [2.45, 2.75) is 32.1 Å². The van der Waals surface area contributed by atoms with Gasteiger partial charge < -0.3 is 29.6 Å². The van der Waals surface area contributed by atoms with E-state index in [1.54, 1.807) is 12.1 Å². The quantitative estimate of drug-likeness (QED) is 0.287. The van der Waals surface area contributed by atoms with Crippen molar-refractivity contribution in [2.75, 3.05) is 14.2 Å². The van der Waals surface area contributed by atoms with Crippen molar-refractivity contribution < 1.29 is 33.3 Å². The molecule has 1 aliphatic rings. The van der Waals surface area contributed by atoms with E-state index in [4.69, 9.17) is 14.2 Å². The molecule has 0 aliphatic carbocycles. The molecular weight excluding hydrogens is 500 g/mol. The molecule has 1 heterocycles. The molecule has 3 aromatic rings. The molecule has 0 bridgehead atoms. The molecule has 2 N–H and O–H groups in total. The van der Waals surface area contributed by atoms with Crippen LogP contribution in [0.1, 0.15) is 29.5 Å². The van der Waals surface area contributed by atoms with Crippen LogP contribution < -0.4 is 24.8 Å². The van der Waals surface area contributed by atoms with Crippen LogP contribution in [0.15, 0.2) is 78.5 Å². The van der Waals surface area contributed by atoms with Crippen molar-refractivity contribution in [1.29, 1.82) is 0 Å². The van der Waals surface area contributed by atoms with Crippen LogP contribution in [0.3, 0.4) is 0 Å². The molecule has 2 amide bonds. The fourth-order valence-electron chi connectivity index (χ4n) is 3.98. The number of carbonyl (C=O) groups excluding carboxylic acids is 3. The summed E-state index contributed by atoms with van der Waals surface area (Å²) < 4.78 is 22.5. The average Bonchev–Trinajstić information content (AvgIpc) is 2.96. The maximum atomic E-state index is 12.8. The van der Waals surface area contributed by atoms with Crippen LogP contribution in [-0.4, -0.2) is 38.0 Å². The summed E-state index contributed by atoms with van der Waals surface area (Å²) in [6.07, 6.45) is 1.68. The second-order valence-electron chi connectivity index (χ2n) is 8.79. The average molecular weight is 531 g/mol. The van der Waals surface area contributed by atoms with Crippen LogP contribution in [0.4, 0.5) is 0 Å². The number of benzene rings is 3. The lowest BCUT2D eigenvalue weighted by Gasteiger charge is -2.25. The number of amides is 2. The highest BCUT2D eigenvalue weighted by Crippen LogP contribution is 2.40. The van der Waals surface area contributed by atoms with Gasteiger partial charge in [-0.1, -0.05) is 60.7 Å². The maximum Gasteiger partial charge on any atom is 0.305 e. The summed E-state index contributed by atoms with van der Waals surface area (Å²) >= 11 is 0. The molecule has 0 aromatic heterocycles. The van der Waals surface area contributed by atoms with Crippen molar-refractivity contribution in [3.8, 4) is 17.2 Å². The SMILES string of the molecule is COC(=O)CCC1NC(=O)/C(=C/c2cc(OCc3ccccc3)c(OC)c(OCc3ccccc3)c2)NC1=O. The van der Waals surface area contributed by atoms with Crippen LogP contribution in [-0.2, 0) is 32.3 Å². The zero-order chi connectivity index (χ0) is 27.6. The number of hydrogen-bond acceptors (Lipinski definition) is 7. The summed E-state index contributed by atoms with van der Waals surface area (Å²) in [6.45, 7) is 0.572. The first-order valence-corrected chi connectivity index (χ1v) is 12.4. The van der Waals surface area contributed by atoms with Gasteiger partial charge in [-0.15, -0.1) is 0 Å². The van der Waals surface area contributed by atoms with Gasteiger partial charge in [-0.25, -0.2) is 0 Å². The molecule has 0 spiro atoms. The van der Waals surface area contributed by atoms with Crippen molar-refractivity contribution in [2.24, 2.45) is 0 Å². The van der Waals surface area contributed by atoms with Crippen molar-refractivity contribution in [1.82, 2.24) is 10.6 Å². The molecule has 4 rings (SSSR count). The maximum absolute atomic E-state index is 12.8. The van der Waals surface area contributed by atoms with E-state index in [0.717, 1.165) is 11.1 Å². The third kappa shape index (κ3) is 7.38. The second kappa shape index (κ2) is 13.1. The monoisotopic (exact) mass is 530 g/mol. The number of methoxy groups -OCH3 is 2. The van der Waals surface area contributed by atoms with Crippen molar-refractivity contribution in [3.63, 3.8) is 0 Å². The van der Waals surface area contributed by atoms with E-state index in [9.17, 15) is 14.4 Å². The van der Waals surface area contributed by atoms with Gasteiger partial charge in [-0.2, -0.15) is 0 Å². The zero-order valence-corrected chi connectivity index (χ0v) is 21.8. The van der Waals surface area contributed by atoms with Crippen LogP contribution in [0.2, 0.25) is 0 Å². The number of rotatable bonds is 11. The van der Waals surface area contributed by atoms with E-state index in [0.29, 0.717) is 22.8 Å². The minimum atomic E-state index is -0.834. The van der Waals surface area contributed by atoms with E-state index >= 15 is 0 Å².